The van der Waals surface area contributed by atoms with Gasteiger partial charge in [0.1, 0.15) is 6.10 Å². The largest absolute Gasteiger partial charge is 0.479 e. The first-order valence-electron chi connectivity index (χ1n) is 1.55. The first kappa shape index (κ1) is 11.3. The molecular formula is C3H6CsO3. The van der Waals surface area contributed by atoms with Gasteiger partial charge in [-0.3, -0.25) is 0 Å². The standard InChI is InChI=1S/C3H6O3.Cs/c1-2(4)3(5)6;/h2,4H,1H3,(H,5,6);. The topological polar surface area (TPSA) is 57.5 Å². The maximum Gasteiger partial charge on any atom is 0.332 e. The van der Waals surface area contributed by atoms with Crippen molar-refractivity contribution in [3.63, 3.8) is 0 Å². The van der Waals surface area contributed by atoms with Crippen molar-refractivity contribution in [3.8, 4) is 0 Å². The van der Waals surface area contributed by atoms with Crippen LogP contribution >= 0.6 is 0 Å². The zero-order valence-corrected chi connectivity index (χ0v) is 10.7. The molecule has 0 aliphatic rings. The molecule has 0 saturated carbocycles. The molecule has 0 bridgehead atoms. The summed E-state index contributed by atoms with van der Waals surface area (Å²) in [5, 5.41) is 15.8. The third-order valence-corrected chi connectivity index (χ3v) is 0.357. The van der Waals surface area contributed by atoms with Gasteiger partial charge in [0.15, 0.2) is 0 Å². The fourth-order valence-corrected chi connectivity index (χ4v) is 0. The molecule has 0 aromatic rings. The van der Waals surface area contributed by atoms with Crippen LogP contribution < -0.4 is 0 Å². The number of hydrogen-bond acceptors (Lipinski definition) is 2. The van der Waals surface area contributed by atoms with E-state index in [1.54, 1.807) is 0 Å². The molecule has 0 aliphatic carbocycles. The van der Waals surface area contributed by atoms with Crippen molar-refractivity contribution < 1.29 is 15.0 Å². The number of hydrogen-bond donors (Lipinski definition) is 2. The van der Waals surface area contributed by atoms with E-state index in [1.807, 2.05) is 0 Å². The first-order valence-corrected chi connectivity index (χ1v) is 1.55. The maximum atomic E-state index is 9.45. The van der Waals surface area contributed by atoms with Crippen molar-refractivity contribution in [1.82, 2.24) is 0 Å². The zero-order valence-electron chi connectivity index (χ0n) is 4.38. The van der Waals surface area contributed by atoms with Crippen molar-refractivity contribution in [2.45, 2.75) is 13.0 Å². The molecule has 2 N–H and O–H groups in total. The molecule has 1 radical (unpaired) electrons. The number of rotatable bonds is 1. The zero-order chi connectivity index (χ0) is 5.15. The van der Waals surface area contributed by atoms with Crippen molar-refractivity contribution in [2.24, 2.45) is 0 Å². The van der Waals surface area contributed by atoms with E-state index in [2.05, 4.69) is 0 Å². The van der Waals surface area contributed by atoms with Crippen LogP contribution in [0.2, 0.25) is 0 Å². The molecule has 0 fully saturated rings. The number of aliphatic carboxylic acids is 1. The van der Waals surface area contributed by atoms with Gasteiger partial charge in [-0.25, -0.2) is 4.79 Å². The molecule has 0 aromatic heterocycles. The van der Waals surface area contributed by atoms with E-state index in [1.165, 1.54) is 6.92 Å². The number of carbonyl (C=O) groups is 1. The third-order valence-electron chi connectivity index (χ3n) is 0.357. The van der Waals surface area contributed by atoms with E-state index >= 15 is 0 Å². The van der Waals surface area contributed by atoms with Crippen LogP contribution in [-0.4, -0.2) is 91.2 Å². The monoisotopic (exact) mass is 223 g/mol. The van der Waals surface area contributed by atoms with Gasteiger partial charge < -0.3 is 10.2 Å². The Hall–Kier alpha value is 1.48. The van der Waals surface area contributed by atoms with E-state index in [4.69, 9.17) is 10.2 Å². The average molecular weight is 223 g/mol. The van der Waals surface area contributed by atoms with E-state index in [0.717, 1.165) is 0 Å². The van der Waals surface area contributed by atoms with Crippen LogP contribution in [0.1, 0.15) is 6.92 Å². The minimum absolute atomic E-state index is 0. The van der Waals surface area contributed by atoms with Crippen LogP contribution in [0.15, 0.2) is 0 Å². The Balaban J connectivity index is 0. The molecule has 1 unspecified atom stereocenters. The summed E-state index contributed by atoms with van der Waals surface area (Å²) in [5.74, 6) is -1.19. The Morgan fingerprint density at radius 3 is 1.86 bits per heavy atom. The molecule has 1 atom stereocenters. The predicted octanol–water partition coefficient (Wildman–Crippen LogP) is -0.929. The van der Waals surface area contributed by atoms with Gasteiger partial charge in [0.25, 0.3) is 0 Å². The summed E-state index contributed by atoms with van der Waals surface area (Å²) >= 11 is 0. The molecule has 37 valence electrons. The van der Waals surface area contributed by atoms with Gasteiger partial charge in [-0.1, -0.05) is 0 Å². The Morgan fingerprint density at radius 1 is 1.71 bits per heavy atom. The van der Waals surface area contributed by atoms with Crippen LogP contribution in [0.25, 0.3) is 0 Å². The third kappa shape index (κ3) is 7.48. The van der Waals surface area contributed by atoms with Crippen molar-refractivity contribution in [1.29, 1.82) is 0 Å². The number of aliphatic hydroxyl groups is 1. The summed E-state index contributed by atoms with van der Waals surface area (Å²) in [7, 11) is 0. The molecule has 0 heterocycles. The SMILES string of the molecule is CC(O)C(=O)O.[Cs]. The second kappa shape index (κ2) is 5.62. The summed E-state index contributed by atoms with van der Waals surface area (Å²) in [5.41, 5.74) is 0. The fourth-order valence-electron chi connectivity index (χ4n) is 0. The van der Waals surface area contributed by atoms with Gasteiger partial charge in [0.05, 0.1) is 0 Å². The summed E-state index contributed by atoms with van der Waals surface area (Å²) in [6.45, 7) is 1.20. The van der Waals surface area contributed by atoms with Crippen LogP contribution in [0.3, 0.4) is 0 Å². The summed E-state index contributed by atoms with van der Waals surface area (Å²) < 4.78 is 0. The fraction of sp³-hybridized carbons (Fsp3) is 0.667. The number of carboxylic acid groups (broad SMARTS) is 1. The van der Waals surface area contributed by atoms with E-state index in [9.17, 15) is 4.79 Å². The number of carboxylic acids is 1. The molecule has 0 aromatic carbocycles. The Bertz CT molecular complexity index is 61.2. The molecular weight excluding hydrogens is 217 g/mol. The molecule has 7 heavy (non-hydrogen) atoms. The van der Waals surface area contributed by atoms with Gasteiger partial charge in [0.2, 0.25) is 0 Å². The second-order valence-corrected chi connectivity index (χ2v) is 1.01. The Labute approximate surface area is 101 Å². The molecule has 0 spiro atoms. The van der Waals surface area contributed by atoms with Crippen LogP contribution in [0.4, 0.5) is 0 Å². The van der Waals surface area contributed by atoms with Crippen molar-refractivity contribution >= 4 is 74.9 Å². The van der Waals surface area contributed by atoms with Crippen molar-refractivity contribution in [2.75, 3.05) is 0 Å². The van der Waals surface area contributed by atoms with Crippen LogP contribution in [0, 0.1) is 0 Å². The minimum Gasteiger partial charge on any atom is -0.479 e. The quantitative estimate of drug-likeness (QED) is 0.603. The van der Waals surface area contributed by atoms with Crippen molar-refractivity contribution in [3.05, 3.63) is 0 Å². The Kier molecular flexibility index (Phi) is 9.07. The summed E-state index contributed by atoms with van der Waals surface area (Å²) in [6.07, 6.45) is -1.23. The van der Waals surface area contributed by atoms with E-state index in [-0.39, 0.29) is 68.9 Å². The first-order chi connectivity index (χ1) is 2.64. The second-order valence-electron chi connectivity index (χ2n) is 1.01. The van der Waals surface area contributed by atoms with Gasteiger partial charge in [-0.15, -0.1) is 0 Å². The Morgan fingerprint density at radius 2 is 1.86 bits per heavy atom. The van der Waals surface area contributed by atoms with Gasteiger partial charge >= 0.3 is 5.97 Å². The van der Waals surface area contributed by atoms with Gasteiger partial charge in [0, 0.05) is 68.9 Å². The van der Waals surface area contributed by atoms with E-state index in [0.29, 0.717) is 0 Å². The number of aliphatic hydroxyl groups excluding tert-OH is 1. The molecule has 0 rings (SSSR count). The van der Waals surface area contributed by atoms with Gasteiger partial charge in [-0.2, -0.15) is 0 Å². The minimum atomic E-state index is -1.23. The van der Waals surface area contributed by atoms with E-state index < -0.39 is 12.1 Å². The molecule has 0 amide bonds. The molecule has 0 saturated heterocycles. The maximum absolute atomic E-state index is 9.45. The van der Waals surface area contributed by atoms with Crippen LogP contribution in [0.5, 0.6) is 0 Å². The normalized spacial score (nSPS) is 11.7. The summed E-state index contributed by atoms with van der Waals surface area (Å²) in [4.78, 5) is 9.45. The predicted molar refractivity (Wildman–Crippen MR) is 25.1 cm³/mol. The smallest absolute Gasteiger partial charge is 0.332 e. The summed E-state index contributed by atoms with van der Waals surface area (Å²) in [6, 6.07) is 0. The average Bonchev–Trinajstić information content (AvgIpc) is 1.36. The molecule has 4 heteroatoms. The molecule has 0 aliphatic heterocycles. The molecule has 3 nitrogen and oxygen atoms in total. The van der Waals surface area contributed by atoms with Gasteiger partial charge in [-0.05, 0) is 6.92 Å². The van der Waals surface area contributed by atoms with Crippen LogP contribution in [-0.2, 0) is 4.79 Å².